The molecule has 0 unspecified atom stereocenters. The minimum Gasteiger partial charge on any atom is -0.349 e. The molecule has 0 bridgehead atoms. The van der Waals surface area contributed by atoms with Crippen LogP contribution in [0, 0.1) is 17.0 Å². The van der Waals surface area contributed by atoms with Crippen molar-refractivity contribution in [1.82, 2.24) is 14.6 Å². The number of benzene rings is 2. The van der Waals surface area contributed by atoms with Crippen molar-refractivity contribution < 1.29 is 4.92 Å². The number of aromatic nitrogens is 3. The third kappa shape index (κ3) is 3.02. The van der Waals surface area contributed by atoms with Crippen molar-refractivity contribution in [2.24, 2.45) is 5.10 Å². The van der Waals surface area contributed by atoms with Crippen LogP contribution < -0.4 is 5.56 Å². The van der Waals surface area contributed by atoms with Crippen molar-refractivity contribution in [1.29, 1.82) is 0 Å². The molecule has 4 aromatic rings. The Hall–Kier alpha value is -3.33. The number of aromatic amines is 1. The zero-order chi connectivity index (χ0) is 19.1. The Morgan fingerprint density at radius 3 is 2.70 bits per heavy atom. The first-order valence-corrected chi connectivity index (χ1v) is 8.73. The van der Waals surface area contributed by atoms with Crippen molar-refractivity contribution in [3.05, 3.63) is 78.8 Å². The lowest BCUT2D eigenvalue weighted by Crippen LogP contribution is -2.20. The molecule has 0 spiro atoms. The van der Waals surface area contributed by atoms with Crippen molar-refractivity contribution in [3.63, 3.8) is 0 Å². The van der Waals surface area contributed by atoms with E-state index in [4.69, 9.17) is 0 Å². The molecule has 0 radical (unpaired) electrons. The summed E-state index contributed by atoms with van der Waals surface area (Å²) in [6.45, 7) is 1.70. The van der Waals surface area contributed by atoms with Crippen LogP contribution in [0.2, 0.25) is 0 Å². The van der Waals surface area contributed by atoms with Gasteiger partial charge in [0, 0.05) is 27.5 Å². The average Bonchev–Trinajstić information content (AvgIpc) is 3.00. The lowest BCUT2D eigenvalue weighted by molar-refractivity contribution is -0.384. The molecule has 2 aromatic heterocycles. The highest BCUT2D eigenvalue weighted by Gasteiger charge is 2.13. The maximum Gasteiger partial charge on any atom is 0.298 e. The standard InChI is InChI=1S/C18H12BrN5O3/c1-10-21-16-14-8-12(19)4-7-15(14)22-17(16)18(25)23(10)20-9-11-2-5-13(6-3-11)24(26)27/h2-9,22H,1H3. The monoisotopic (exact) mass is 425 g/mol. The summed E-state index contributed by atoms with van der Waals surface area (Å²) in [6.07, 6.45) is 1.46. The maximum atomic E-state index is 12.8. The first kappa shape index (κ1) is 17.1. The van der Waals surface area contributed by atoms with E-state index >= 15 is 0 Å². The summed E-state index contributed by atoms with van der Waals surface area (Å²) in [7, 11) is 0. The third-order valence-corrected chi connectivity index (χ3v) is 4.64. The van der Waals surface area contributed by atoms with Crippen LogP contribution in [0.3, 0.4) is 0 Å². The Morgan fingerprint density at radius 2 is 2.00 bits per heavy atom. The summed E-state index contributed by atoms with van der Waals surface area (Å²) >= 11 is 3.43. The summed E-state index contributed by atoms with van der Waals surface area (Å²) in [6, 6.07) is 11.6. The fourth-order valence-corrected chi connectivity index (χ4v) is 3.19. The predicted molar refractivity (Wildman–Crippen MR) is 106 cm³/mol. The highest BCUT2D eigenvalue weighted by atomic mass is 79.9. The number of nitro groups is 1. The van der Waals surface area contributed by atoms with Gasteiger partial charge in [0.15, 0.2) is 0 Å². The highest BCUT2D eigenvalue weighted by molar-refractivity contribution is 9.10. The van der Waals surface area contributed by atoms with E-state index < -0.39 is 4.92 Å². The number of halogens is 1. The Balaban J connectivity index is 1.81. The van der Waals surface area contributed by atoms with Gasteiger partial charge in [-0.25, -0.2) is 4.98 Å². The van der Waals surface area contributed by atoms with Crippen LogP contribution in [0.4, 0.5) is 5.69 Å². The van der Waals surface area contributed by atoms with E-state index in [1.54, 1.807) is 19.1 Å². The molecular weight excluding hydrogens is 414 g/mol. The van der Waals surface area contributed by atoms with Crippen molar-refractivity contribution in [2.75, 3.05) is 0 Å². The van der Waals surface area contributed by atoms with Crippen molar-refractivity contribution >= 4 is 49.8 Å². The molecule has 9 heteroatoms. The number of non-ortho nitro benzene ring substituents is 1. The molecule has 8 nitrogen and oxygen atoms in total. The van der Waals surface area contributed by atoms with Crippen LogP contribution in [0.5, 0.6) is 0 Å². The number of hydrogen-bond donors (Lipinski definition) is 1. The van der Waals surface area contributed by atoms with E-state index in [1.165, 1.54) is 23.0 Å². The van der Waals surface area contributed by atoms with Crippen molar-refractivity contribution in [3.8, 4) is 0 Å². The Kier molecular flexibility index (Phi) is 4.08. The van der Waals surface area contributed by atoms with Crippen molar-refractivity contribution in [2.45, 2.75) is 6.92 Å². The summed E-state index contributed by atoms with van der Waals surface area (Å²) in [5, 5.41) is 15.8. The number of aryl methyl sites for hydroxylation is 1. The molecule has 0 aliphatic heterocycles. The van der Waals surface area contributed by atoms with E-state index in [0.29, 0.717) is 22.4 Å². The fraction of sp³-hybridized carbons (Fsp3) is 0.0556. The lowest BCUT2D eigenvalue weighted by atomic mass is 10.2. The van der Waals surface area contributed by atoms with E-state index in [1.807, 2.05) is 18.2 Å². The Morgan fingerprint density at radius 1 is 1.26 bits per heavy atom. The topological polar surface area (TPSA) is 106 Å². The number of nitro benzene ring substituents is 1. The van der Waals surface area contributed by atoms with Gasteiger partial charge >= 0.3 is 0 Å². The molecule has 0 saturated carbocycles. The molecule has 0 atom stereocenters. The number of nitrogens with one attached hydrogen (secondary N) is 1. The van der Waals surface area contributed by atoms with Crippen LogP contribution in [0.1, 0.15) is 11.4 Å². The molecule has 1 N–H and O–H groups in total. The van der Waals surface area contributed by atoms with Gasteiger partial charge < -0.3 is 4.98 Å². The van der Waals surface area contributed by atoms with E-state index in [-0.39, 0.29) is 11.2 Å². The van der Waals surface area contributed by atoms with Crippen LogP contribution >= 0.6 is 15.9 Å². The van der Waals surface area contributed by atoms with Gasteiger partial charge in [0.25, 0.3) is 11.2 Å². The van der Waals surface area contributed by atoms with Gasteiger partial charge in [-0.1, -0.05) is 15.9 Å². The molecule has 0 aliphatic carbocycles. The number of nitrogens with zero attached hydrogens (tertiary/aromatic N) is 4. The zero-order valence-electron chi connectivity index (χ0n) is 14.0. The molecule has 134 valence electrons. The van der Waals surface area contributed by atoms with Crippen LogP contribution in [0.25, 0.3) is 21.9 Å². The third-order valence-electron chi connectivity index (χ3n) is 4.15. The number of rotatable bonds is 3. The molecule has 27 heavy (non-hydrogen) atoms. The van der Waals surface area contributed by atoms with Gasteiger partial charge in [0.05, 0.1) is 11.1 Å². The summed E-state index contributed by atoms with van der Waals surface area (Å²) < 4.78 is 2.10. The average molecular weight is 426 g/mol. The van der Waals surface area contributed by atoms with Gasteiger partial charge in [-0.05, 0) is 42.8 Å². The van der Waals surface area contributed by atoms with E-state index in [9.17, 15) is 14.9 Å². The summed E-state index contributed by atoms with van der Waals surface area (Å²) in [5.74, 6) is 0.437. The maximum absolute atomic E-state index is 12.8. The molecule has 2 aromatic carbocycles. The van der Waals surface area contributed by atoms with Gasteiger partial charge in [-0.3, -0.25) is 14.9 Å². The second kappa shape index (κ2) is 6.44. The smallest absolute Gasteiger partial charge is 0.298 e. The molecule has 0 amide bonds. The number of fused-ring (bicyclic) bond motifs is 3. The van der Waals surface area contributed by atoms with Gasteiger partial charge in [0.2, 0.25) is 0 Å². The van der Waals surface area contributed by atoms with Crippen LogP contribution in [-0.4, -0.2) is 25.8 Å². The quantitative estimate of drug-likeness (QED) is 0.306. The molecule has 2 heterocycles. The molecule has 0 saturated heterocycles. The van der Waals surface area contributed by atoms with Gasteiger partial charge in [0.1, 0.15) is 16.9 Å². The van der Waals surface area contributed by atoms with E-state index in [0.717, 1.165) is 15.4 Å². The molecule has 0 fully saturated rings. The Labute approximate surface area is 160 Å². The normalized spacial score (nSPS) is 11.6. The molecular formula is C18H12BrN5O3. The SMILES string of the molecule is Cc1nc2c([nH]c3ccc(Br)cc32)c(=O)n1N=Cc1ccc([N+](=O)[O-])cc1. The van der Waals surface area contributed by atoms with Crippen LogP contribution in [-0.2, 0) is 0 Å². The second-order valence-electron chi connectivity index (χ2n) is 5.91. The highest BCUT2D eigenvalue weighted by Crippen LogP contribution is 2.25. The largest absolute Gasteiger partial charge is 0.349 e. The number of H-pyrrole nitrogens is 1. The Bertz CT molecular complexity index is 1290. The molecule has 4 rings (SSSR count). The summed E-state index contributed by atoms with van der Waals surface area (Å²) in [5.41, 5.74) is 2.09. The zero-order valence-corrected chi connectivity index (χ0v) is 15.6. The summed E-state index contributed by atoms with van der Waals surface area (Å²) in [4.78, 5) is 30.7. The molecule has 0 aliphatic rings. The fourth-order valence-electron chi connectivity index (χ4n) is 2.83. The number of hydrogen-bond acceptors (Lipinski definition) is 5. The first-order chi connectivity index (χ1) is 12.9. The minimum atomic E-state index is -0.471. The van der Waals surface area contributed by atoms with E-state index in [2.05, 4.69) is 31.0 Å². The predicted octanol–water partition coefficient (Wildman–Crippen LogP) is 3.74. The van der Waals surface area contributed by atoms with Gasteiger partial charge in [-0.15, -0.1) is 0 Å². The minimum absolute atomic E-state index is 0.00665. The first-order valence-electron chi connectivity index (χ1n) is 7.93. The second-order valence-corrected chi connectivity index (χ2v) is 6.82. The lowest BCUT2D eigenvalue weighted by Gasteiger charge is -2.03. The van der Waals surface area contributed by atoms with Gasteiger partial charge in [-0.2, -0.15) is 9.78 Å². The van der Waals surface area contributed by atoms with Crippen LogP contribution in [0.15, 0.2) is 56.8 Å².